The molecule has 55 heavy (non-hydrogen) atoms. The maximum absolute atomic E-state index is 15.1. The molecule has 1 unspecified atom stereocenters. The van der Waals surface area contributed by atoms with Crippen LogP contribution in [0.2, 0.25) is 0 Å². The van der Waals surface area contributed by atoms with E-state index in [0.29, 0.717) is 43.4 Å². The highest BCUT2D eigenvalue weighted by molar-refractivity contribution is 9.09. The number of unbranched alkanes of at least 4 members (excludes halogenated alkanes) is 2. The third-order valence-electron chi connectivity index (χ3n) is 11.0. The van der Waals surface area contributed by atoms with E-state index in [1.807, 2.05) is 72.8 Å². The first kappa shape index (κ1) is 40.3. The Hall–Kier alpha value is -4.36. The van der Waals surface area contributed by atoms with Crippen LogP contribution in [0.3, 0.4) is 0 Å². The van der Waals surface area contributed by atoms with Gasteiger partial charge in [0.25, 0.3) is 5.91 Å². The first-order valence-electron chi connectivity index (χ1n) is 19.0. The number of benzene rings is 3. The number of nitrogens with zero attached hydrogens (tertiary/aromatic N) is 2. The van der Waals surface area contributed by atoms with Gasteiger partial charge in [0, 0.05) is 43.7 Å². The number of carbonyl (C=O) groups is 4. The van der Waals surface area contributed by atoms with Crippen LogP contribution in [0, 0.1) is 11.8 Å². The Morgan fingerprint density at radius 1 is 1.05 bits per heavy atom. The number of fused-ring (bicyclic) bond motifs is 2. The molecule has 3 heterocycles. The summed E-state index contributed by atoms with van der Waals surface area (Å²) in [5.74, 6) is -3.61. The van der Waals surface area contributed by atoms with Crippen molar-refractivity contribution in [3.63, 3.8) is 0 Å². The van der Waals surface area contributed by atoms with Gasteiger partial charge in [-0.15, -0.1) is 13.2 Å². The van der Waals surface area contributed by atoms with Crippen LogP contribution in [0.1, 0.15) is 50.2 Å². The first-order chi connectivity index (χ1) is 26.7. The highest BCUT2D eigenvalue weighted by Crippen LogP contribution is 2.60. The lowest BCUT2D eigenvalue weighted by Gasteiger charge is -2.37. The van der Waals surface area contributed by atoms with Crippen LogP contribution in [-0.2, 0) is 33.4 Å². The Balaban J connectivity index is 1.36. The minimum atomic E-state index is -1.32. The van der Waals surface area contributed by atoms with E-state index in [1.165, 1.54) is 7.11 Å². The molecule has 0 aliphatic carbocycles. The molecule has 292 valence electrons. The molecule has 6 rings (SSSR count). The summed E-state index contributed by atoms with van der Waals surface area (Å²) >= 11 is 3.77. The topological polar surface area (TPSA) is 135 Å². The summed E-state index contributed by atoms with van der Waals surface area (Å²) in [6.07, 6.45) is 4.37. The van der Waals surface area contributed by atoms with Crippen molar-refractivity contribution in [3.8, 4) is 0 Å². The van der Waals surface area contributed by atoms with E-state index in [0.717, 1.165) is 10.8 Å². The second-order valence-electron chi connectivity index (χ2n) is 14.5. The molecule has 3 saturated heterocycles. The quantitative estimate of drug-likeness (QED) is 0.0687. The molecule has 12 heteroatoms. The molecule has 3 aromatic carbocycles. The van der Waals surface area contributed by atoms with Crippen LogP contribution in [0.25, 0.3) is 10.8 Å². The summed E-state index contributed by atoms with van der Waals surface area (Å²) in [6.45, 7) is 8.14. The minimum absolute atomic E-state index is 0.0171. The molecule has 2 bridgehead atoms. The predicted molar refractivity (Wildman–Crippen MR) is 213 cm³/mol. The van der Waals surface area contributed by atoms with E-state index in [9.17, 15) is 19.5 Å². The number of hydrogen-bond donors (Lipinski definition) is 2. The van der Waals surface area contributed by atoms with Crippen molar-refractivity contribution in [1.82, 2.24) is 10.2 Å². The molecular weight excluding hydrogens is 766 g/mol. The van der Waals surface area contributed by atoms with Gasteiger partial charge in [-0.1, -0.05) is 88.7 Å². The number of rotatable bonds is 19. The normalized spacial score (nSPS) is 25.0. The number of anilines is 1. The molecule has 3 fully saturated rings. The van der Waals surface area contributed by atoms with E-state index < -0.39 is 47.7 Å². The standard InChI is InChI=1S/C43H50BrN3O8/c1-4-6-19-34(49)45-33(27-53-3)37(29-16-9-7-10-17-29)54-42(52)35-36-40(50)47(23-13-8-14-24-48)39(43(36)26-32(44)38(35)55-43)41(51)46(22-5-2)31-21-20-28-15-11-12-18-30(28)25-31/h4-5,7,9-12,15-18,20-21,25,32-33,35-39,48H,1-2,6,8,13-14,19,22-24,26-27H2,3H3,(H,45,49)/t32?,33-,35+,36-,37-,38+,39+,43-/m0/s1. The number of likely N-dealkylation sites (tertiary alicyclic amines) is 1. The number of ether oxygens (including phenoxy) is 3. The number of carbonyl (C=O) groups excluding carboxylic acids is 4. The summed E-state index contributed by atoms with van der Waals surface area (Å²) in [5.41, 5.74) is -0.0280. The van der Waals surface area contributed by atoms with Gasteiger partial charge in [-0.3, -0.25) is 19.2 Å². The first-order valence-corrected chi connectivity index (χ1v) is 19.9. The molecule has 3 aromatic rings. The predicted octanol–water partition coefficient (Wildman–Crippen LogP) is 5.65. The largest absolute Gasteiger partial charge is 0.455 e. The number of aliphatic hydroxyl groups is 1. The molecule has 3 aliphatic heterocycles. The molecule has 8 atom stereocenters. The maximum Gasteiger partial charge on any atom is 0.313 e. The number of amides is 3. The summed E-state index contributed by atoms with van der Waals surface area (Å²) in [5, 5.41) is 14.4. The van der Waals surface area contributed by atoms with Gasteiger partial charge in [0.1, 0.15) is 17.7 Å². The van der Waals surface area contributed by atoms with E-state index in [2.05, 4.69) is 34.4 Å². The van der Waals surface area contributed by atoms with E-state index in [1.54, 1.807) is 22.0 Å². The fourth-order valence-electron chi connectivity index (χ4n) is 8.56. The SMILES string of the molecule is C=CCCC(=O)N[C@@H](COC)[C@@H](OC(=O)[C@H]1[C@@H]2O[C@@]3(CC2Br)[C@@H]1C(=O)N(CCCCCO)[C@@H]3C(=O)N(CC=C)c1ccc2ccccc2c1)c1ccccc1. The number of hydrogen-bond acceptors (Lipinski definition) is 8. The van der Waals surface area contributed by atoms with Crippen molar-refractivity contribution in [3.05, 3.63) is 104 Å². The Morgan fingerprint density at radius 3 is 2.51 bits per heavy atom. The van der Waals surface area contributed by atoms with Crippen LogP contribution < -0.4 is 10.2 Å². The van der Waals surface area contributed by atoms with Gasteiger partial charge in [-0.2, -0.15) is 0 Å². The Bertz CT molecular complexity index is 1870. The average molecular weight is 817 g/mol. The van der Waals surface area contributed by atoms with Crippen LogP contribution >= 0.6 is 15.9 Å². The van der Waals surface area contributed by atoms with Crippen molar-refractivity contribution in [2.24, 2.45) is 11.8 Å². The highest BCUT2D eigenvalue weighted by atomic mass is 79.9. The van der Waals surface area contributed by atoms with Gasteiger partial charge in [-0.05, 0) is 60.6 Å². The van der Waals surface area contributed by atoms with Crippen molar-refractivity contribution in [2.45, 2.75) is 73.2 Å². The number of methoxy groups -OCH3 is 1. The lowest BCUT2D eigenvalue weighted by Crippen LogP contribution is -2.57. The Labute approximate surface area is 330 Å². The van der Waals surface area contributed by atoms with Crippen molar-refractivity contribution >= 4 is 56.1 Å². The third kappa shape index (κ3) is 8.14. The van der Waals surface area contributed by atoms with E-state index >= 15 is 4.79 Å². The lowest BCUT2D eigenvalue weighted by atomic mass is 9.70. The summed E-state index contributed by atoms with van der Waals surface area (Å²) in [4.78, 5) is 60.4. The molecule has 1 spiro atoms. The zero-order chi connectivity index (χ0) is 39.1. The number of alkyl halides is 1. The summed E-state index contributed by atoms with van der Waals surface area (Å²) in [7, 11) is 1.51. The second kappa shape index (κ2) is 18.1. The van der Waals surface area contributed by atoms with Crippen LogP contribution in [0.15, 0.2) is 98.1 Å². The highest BCUT2D eigenvalue weighted by Gasteiger charge is 2.77. The Kier molecular flexibility index (Phi) is 13.2. The van der Waals surface area contributed by atoms with Crippen molar-refractivity contribution in [2.75, 3.05) is 38.3 Å². The van der Waals surface area contributed by atoms with Gasteiger partial charge in [0.2, 0.25) is 11.8 Å². The van der Waals surface area contributed by atoms with Gasteiger partial charge in [-0.25, -0.2) is 0 Å². The number of esters is 1. The average Bonchev–Trinajstić information content (AvgIpc) is 3.79. The number of halogens is 1. The molecule has 0 saturated carbocycles. The monoisotopic (exact) mass is 815 g/mol. The van der Waals surface area contributed by atoms with Crippen molar-refractivity contribution < 1.29 is 38.5 Å². The third-order valence-corrected chi connectivity index (χ3v) is 11.8. The molecule has 3 aliphatic rings. The number of aliphatic hydroxyl groups excluding tert-OH is 1. The number of allylic oxidation sites excluding steroid dienone is 1. The van der Waals surface area contributed by atoms with Crippen LogP contribution in [0.5, 0.6) is 0 Å². The van der Waals surface area contributed by atoms with Gasteiger partial charge in [0.15, 0.2) is 0 Å². The van der Waals surface area contributed by atoms with E-state index in [-0.39, 0.29) is 55.3 Å². The summed E-state index contributed by atoms with van der Waals surface area (Å²) < 4.78 is 18.7. The zero-order valence-corrected chi connectivity index (χ0v) is 32.8. The smallest absolute Gasteiger partial charge is 0.313 e. The van der Waals surface area contributed by atoms with Gasteiger partial charge in [0.05, 0.1) is 30.6 Å². The zero-order valence-electron chi connectivity index (χ0n) is 31.2. The van der Waals surface area contributed by atoms with Crippen molar-refractivity contribution in [1.29, 1.82) is 0 Å². The minimum Gasteiger partial charge on any atom is -0.455 e. The maximum atomic E-state index is 15.1. The summed E-state index contributed by atoms with van der Waals surface area (Å²) in [6, 6.07) is 21.0. The molecular formula is C43H50BrN3O8. The van der Waals surface area contributed by atoms with Gasteiger partial charge >= 0.3 is 5.97 Å². The van der Waals surface area contributed by atoms with Gasteiger partial charge < -0.3 is 34.4 Å². The van der Waals surface area contributed by atoms with E-state index in [4.69, 9.17) is 14.2 Å². The lowest BCUT2D eigenvalue weighted by molar-refractivity contribution is -0.163. The fraction of sp³-hybridized carbons (Fsp3) is 0.442. The Morgan fingerprint density at radius 2 is 1.80 bits per heavy atom. The number of nitrogens with one attached hydrogen (secondary N) is 1. The fourth-order valence-corrected chi connectivity index (χ4v) is 9.50. The second-order valence-corrected chi connectivity index (χ2v) is 15.6. The molecule has 3 amide bonds. The molecule has 0 aromatic heterocycles. The molecule has 11 nitrogen and oxygen atoms in total. The molecule has 0 radical (unpaired) electrons. The van der Waals surface area contributed by atoms with Crippen LogP contribution in [0.4, 0.5) is 5.69 Å². The molecule has 2 N–H and O–H groups in total. The van der Waals surface area contributed by atoms with Crippen LogP contribution in [-0.4, -0.2) is 95.7 Å².